The van der Waals surface area contributed by atoms with Gasteiger partial charge in [0.15, 0.2) is 17.3 Å². The van der Waals surface area contributed by atoms with E-state index in [1.807, 2.05) is 0 Å². The van der Waals surface area contributed by atoms with Crippen LogP contribution in [-0.2, 0) is 9.53 Å². The maximum Gasteiger partial charge on any atom is 0.330 e. The van der Waals surface area contributed by atoms with E-state index in [-0.39, 0.29) is 23.7 Å². The van der Waals surface area contributed by atoms with E-state index in [4.69, 9.17) is 9.47 Å². The lowest BCUT2D eigenvalue weighted by atomic mass is 10.1. The number of hydrogen-bond acceptors (Lipinski definition) is 6. The highest BCUT2D eigenvalue weighted by molar-refractivity contribution is 6.09. The highest BCUT2D eigenvalue weighted by Gasteiger charge is 2.17. The molecule has 0 fully saturated rings. The predicted molar refractivity (Wildman–Crippen MR) is 71.3 cm³/mol. The Bertz CT molecular complexity index is 533. The molecule has 1 N–H and O–H groups in total. The molecule has 0 spiro atoms. The molecule has 108 valence electrons. The zero-order chi connectivity index (χ0) is 15.1. The van der Waals surface area contributed by atoms with Crippen LogP contribution in [0, 0.1) is 0 Å². The molecule has 0 radical (unpaired) electrons. The molecule has 1 rings (SSSR count). The topological polar surface area (TPSA) is 82.1 Å². The molecule has 0 heterocycles. The highest BCUT2D eigenvalue weighted by Crippen LogP contribution is 2.39. The molecule has 0 saturated carbocycles. The van der Waals surface area contributed by atoms with Crippen LogP contribution in [0.15, 0.2) is 24.3 Å². The first-order valence-electron chi connectivity index (χ1n) is 5.88. The zero-order valence-electron chi connectivity index (χ0n) is 11.5. The van der Waals surface area contributed by atoms with Crippen LogP contribution >= 0.6 is 0 Å². The molecular weight excluding hydrogens is 264 g/mol. The van der Waals surface area contributed by atoms with Gasteiger partial charge in [0.2, 0.25) is 5.75 Å². The molecule has 6 heteroatoms. The molecular formula is C14H16O6. The SMILES string of the molecule is CCOC(=O)C=CC(=O)c1ccc(OC)c(OC)c1O. The maximum atomic E-state index is 11.9. The van der Waals surface area contributed by atoms with Gasteiger partial charge in [0.1, 0.15) is 0 Å². The van der Waals surface area contributed by atoms with E-state index in [1.54, 1.807) is 6.92 Å². The molecule has 20 heavy (non-hydrogen) atoms. The molecule has 0 aliphatic carbocycles. The molecule has 1 aromatic rings. The molecule has 0 aromatic heterocycles. The van der Waals surface area contributed by atoms with Gasteiger partial charge in [0, 0.05) is 6.08 Å². The number of hydrogen-bond donors (Lipinski definition) is 1. The Kier molecular flexibility index (Phi) is 5.58. The van der Waals surface area contributed by atoms with Gasteiger partial charge in [-0.15, -0.1) is 0 Å². The van der Waals surface area contributed by atoms with Crippen molar-refractivity contribution in [3.05, 3.63) is 29.8 Å². The molecule has 0 aliphatic heterocycles. The van der Waals surface area contributed by atoms with Crippen molar-refractivity contribution in [1.29, 1.82) is 0 Å². The first-order chi connectivity index (χ1) is 9.54. The van der Waals surface area contributed by atoms with E-state index in [0.717, 1.165) is 12.2 Å². The summed E-state index contributed by atoms with van der Waals surface area (Å²) in [7, 11) is 2.76. The minimum atomic E-state index is -0.624. The second kappa shape index (κ2) is 7.18. The summed E-state index contributed by atoms with van der Waals surface area (Å²) >= 11 is 0. The van der Waals surface area contributed by atoms with Crippen LogP contribution in [0.1, 0.15) is 17.3 Å². The minimum Gasteiger partial charge on any atom is -0.504 e. The summed E-state index contributed by atoms with van der Waals surface area (Å²) in [5.41, 5.74) is 0.00296. The van der Waals surface area contributed by atoms with Gasteiger partial charge in [-0.05, 0) is 25.1 Å². The van der Waals surface area contributed by atoms with Gasteiger partial charge in [-0.2, -0.15) is 0 Å². The number of allylic oxidation sites excluding steroid dienone is 1. The van der Waals surface area contributed by atoms with Gasteiger partial charge in [-0.1, -0.05) is 0 Å². The molecule has 0 saturated heterocycles. The second-order valence-electron chi connectivity index (χ2n) is 3.65. The summed E-state index contributed by atoms with van der Waals surface area (Å²) in [5.74, 6) is -1.15. The number of rotatable bonds is 6. The second-order valence-corrected chi connectivity index (χ2v) is 3.65. The van der Waals surface area contributed by atoms with Gasteiger partial charge in [-0.25, -0.2) is 4.79 Å². The molecule has 0 aliphatic rings. The lowest BCUT2D eigenvalue weighted by Gasteiger charge is -2.11. The fourth-order valence-electron chi connectivity index (χ4n) is 1.53. The van der Waals surface area contributed by atoms with Gasteiger partial charge >= 0.3 is 5.97 Å². The van der Waals surface area contributed by atoms with Crippen molar-refractivity contribution < 1.29 is 28.9 Å². The smallest absolute Gasteiger partial charge is 0.330 e. The summed E-state index contributed by atoms with van der Waals surface area (Å²) in [5, 5.41) is 9.96. The Morgan fingerprint density at radius 2 is 1.90 bits per heavy atom. The monoisotopic (exact) mass is 280 g/mol. The Labute approximate surface area is 116 Å². The van der Waals surface area contributed by atoms with E-state index in [9.17, 15) is 14.7 Å². The maximum absolute atomic E-state index is 11.9. The lowest BCUT2D eigenvalue weighted by molar-refractivity contribution is -0.137. The third-order valence-electron chi connectivity index (χ3n) is 2.44. The third-order valence-corrected chi connectivity index (χ3v) is 2.44. The van der Waals surface area contributed by atoms with E-state index >= 15 is 0 Å². The zero-order valence-corrected chi connectivity index (χ0v) is 11.5. The molecule has 0 amide bonds. The van der Waals surface area contributed by atoms with Crippen molar-refractivity contribution in [3.63, 3.8) is 0 Å². The molecule has 1 aromatic carbocycles. The number of ether oxygens (including phenoxy) is 3. The Morgan fingerprint density at radius 1 is 1.20 bits per heavy atom. The third kappa shape index (κ3) is 3.50. The number of ketones is 1. The van der Waals surface area contributed by atoms with E-state index in [0.29, 0.717) is 5.75 Å². The number of phenols is 1. The molecule has 6 nitrogen and oxygen atoms in total. The normalized spacial score (nSPS) is 10.3. The van der Waals surface area contributed by atoms with Crippen molar-refractivity contribution in [2.24, 2.45) is 0 Å². The van der Waals surface area contributed by atoms with E-state index in [2.05, 4.69) is 4.74 Å². The summed E-state index contributed by atoms with van der Waals surface area (Å²) in [6, 6.07) is 2.87. The van der Waals surface area contributed by atoms with Crippen LogP contribution in [0.5, 0.6) is 17.2 Å². The van der Waals surface area contributed by atoms with Crippen molar-refractivity contribution in [2.75, 3.05) is 20.8 Å². The average molecular weight is 280 g/mol. The van der Waals surface area contributed by atoms with Gasteiger partial charge in [-0.3, -0.25) is 4.79 Å². The van der Waals surface area contributed by atoms with Crippen molar-refractivity contribution >= 4 is 11.8 Å². The number of benzene rings is 1. The standard InChI is InChI=1S/C14H16O6/c1-4-20-12(16)8-6-10(15)9-5-7-11(18-2)14(19-3)13(9)17/h5-8,17H,4H2,1-3H3. The first kappa shape index (κ1) is 15.6. The fourth-order valence-corrected chi connectivity index (χ4v) is 1.53. The largest absolute Gasteiger partial charge is 0.504 e. The highest BCUT2D eigenvalue weighted by atomic mass is 16.5. The Hall–Kier alpha value is -2.50. The number of phenolic OH excluding ortho intramolecular Hbond substituents is 1. The van der Waals surface area contributed by atoms with Crippen LogP contribution in [0.3, 0.4) is 0 Å². The van der Waals surface area contributed by atoms with Crippen LogP contribution in [0.2, 0.25) is 0 Å². The summed E-state index contributed by atoms with van der Waals surface area (Å²) < 4.78 is 14.6. The van der Waals surface area contributed by atoms with Crippen molar-refractivity contribution in [1.82, 2.24) is 0 Å². The summed E-state index contributed by atoms with van der Waals surface area (Å²) in [4.78, 5) is 23.0. The number of esters is 1. The fraction of sp³-hybridized carbons (Fsp3) is 0.286. The molecule has 0 atom stereocenters. The number of aromatic hydroxyl groups is 1. The van der Waals surface area contributed by atoms with Gasteiger partial charge in [0.25, 0.3) is 0 Å². The van der Waals surface area contributed by atoms with Gasteiger partial charge in [0.05, 0.1) is 26.4 Å². The Balaban J connectivity index is 3.03. The van der Waals surface area contributed by atoms with Crippen LogP contribution in [0.25, 0.3) is 0 Å². The predicted octanol–water partition coefficient (Wildman–Crippen LogP) is 1.71. The van der Waals surface area contributed by atoms with E-state index < -0.39 is 11.8 Å². The lowest BCUT2D eigenvalue weighted by Crippen LogP contribution is -2.02. The van der Waals surface area contributed by atoms with Crippen molar-refractivity contribution in [3.8, 4) is 17.2 Å². The minimum absolute atomic E-state index is 0.00296. The van der Waals surface area contributed by atoms with Gasteiger partial charge < -0.3 is 19.3 Å². The number of carbonyl (C=O) groups is 2. The average Bonchev–Trinajstić information content (AvgIpc) is 2.44. The van der Waals surface area contributed by atoms with Crippen LogP contribution < -0.4 is 9.47 Å². The molecule has 0 unspecified atom stereocenters. The van der Waals surface area contributed by atoms with Crippen LogP contribution in [-0.4, -0.2) is 37.7 Å². The van der Waals surface area contributed by atoms with Crippen LogP contribution in [0.4, 0.5) is 0 Å². The Morgan fingerprint density at radius 3 is 2.45 bits per heavy atom. The van der Waals surface area contributed by atoms with Crippen molar-refractivity contribution in [2.45, 2.75) is 6.92 Å². The molecule has 0 bridgehead atoms. The quantitative estimate of drug-likeness (QED) is 0.485. The first-order valence-corrected chi connectivity index (χ1v) is 5.88. The van der Waals surface area contributed by atoms with E-state index in [1.165, 1.54) is 26.4 Å². The number of carbonyl (C=O) groups excluding carboxylic acids is 2. The summed E-state index contributed by atoms with van der Waals surface area (Å²) in [6.45, 7) is 1.88. The summed E-state index contributed by atoms with van der Waals surface area (Å²) in [6.07, 6.45) is 2.03. The number of methoxy groups -OCH3 is 2.